The van der Waals surface area contributed by atoms with Crippen LogP contribution < -0.4 is 10.6 Å². The molecule has 1 aromatic heterocycles. The Labute approximate surface area is 150 Å². The van der Waals surface area contributed by atoms with Crippen molar-refractivity contribution in [3.63, 3.8) is 0 Å². The largest absolute Gasteiger partial charge is 0.469 e. The molecule has 6 nitrogen and oxygen atoms in total. The summed E-state index contributed by atoms with van der Waals surface area (Å²) in [6.45, 7) is 5.46. The maximum atomic E-state index is 12.1. The first kappa shape index (κ1) is 17.8. The number of carbonyl (C=O) groups is 1. The zero-order chi connectivity index (χ0) is 17.5. The number of nitrogens with one attached hydrogen (secondary N) is 2. The second-order valence-corrected chi connectivity index (χ2v) is 7.07. The highest BCUT2D eigenvalue weighted by molar-refractivity contribution is 5.81. The third kappa shape index (κ3) is 5.51. The van der Waals surface area contributed by atoms with Crippen LogP contribution in [-0.2, 0) is 11.2 Å². The molecule has 1 amide bonds. The molecule has 0 aromatic carbocycles. The van der Waals surface area contributed by atoms with Crippen LogP contribution in [0, 0.1) is 5.92 Å². The zero-order valence-corrected chi connectivity index (χ0v) is 15.2. The van der Waals surface area contributed by atoms with Gasteiger partial charge in [0.1, 0.15) is 5.76 Å². The van der Waals surface area contributed by atoms with Gasteiger partial charge in [-0.1, -0.05) is 13.3 Å². The van der Waals surface area contributed by atoms with Crippen LogP contribution in [-0.4, -0.2) is 49.0 Å². The molecule has 25 heavy (non-hydrogen) atoms. The van der Waals surface area contributed by atoms with Gasteiger partial charge in [0.2, 0.25) is 5.91 Å². The maximum Gasteiger partial charge on any atom is 0.223 e. The van der Waals surface area contributed by atoms with Gasteiger partial charge in [-0.05, 0) is 31.4 Å². The second-order valence-electron chi connectivity index (χ2n) is 7.07. The smallest absolute Gasteiger partial charge is 0.223 e. The van der Waals surface area contributed by atoms with Crippen LogP contribution in [0.3, 0.4) is 0 Å². The predicted octanol–water partition coefficient (Wildman–Crippen LogP) is 2.17. The molecule has 0 bridgehead atoms. The minimum atomic E-state index is 0.314. The average molecular weight is 346 g/mol. The number of carbonyl (C=O) groups excluding carboxylic acids is 1. The molecule has 2 N–H and O–H groups in total. The minimum Gasteiger partial charge on any atom is -0.469 e. The molecule has 0 spiro atoms. The fourth-order valence-corrected chi connectivity index (χ4v) is 3.21. The second kappa shape index (κ2) is 8.92. The predicted molar refractivity (Wildman–Crippen MR) is 98.5 cm³/mol. The fraction of sp³-hybridized carbons (Fsp3) is 0.684. The summed E-state index contributed by atoms with van der Waals surface area (Å²) in [6.07, 6.45) is 7.82. The first-order valence-corrected chi connectivity index (χ1v) is 9.60. The van der Waals surface area contributed by atoms with Crippen molar-refractivity contribution in [3.05, 3.63) is 24.2 Å². The molecule has 0 radical (unpaired) electrons. The van der Waals surface area contributed by atoms with Gasteiger partial charge in [0.15, 0.2) is 5.96 Å². The van der Waals surface area contributed by atoms with Crippen molar-refractivity contribution >= 4 is 11.9 Å². The van der Waals surface area contributed by atoms with Crippen molar-refractivity contribution < 1.29 is 9.21 Å². The van der Waals surface area contributed by atoms with E-state index in [-0.39, 0.29) is 0 Å². The van der Waals surface area contributed by atoms with Crippen molar-refractivity contribution in [2.24, 2.45) is 10.9 Å². The number of nitrogens with zero attached hydrogens (tertiary/aromatic N) is 2. The zero-order valence-electron chi connectivity index (χ0n) is 15.2. The van der Waals surface area contributed by atoms with E-state index in [2.05, 4.69) is 22.5 Å². The van der Waals surface area contributed by atoms with Crippen molar-refractivity contribution in [1.82, 2.24) is 15.5 Å². The van der Waals surface area contributed by atoms with Crippen molar-refractivity contribution in [1.29, 1.82) is 0 Å². The number of aliphatic imine (C=N–C) groups is 1. The van der Waals surface area contributed by atoms with Gasteiger partial charge in [0.25, 0.3) is 0 Å². The number of unbranched alkanes of at least 4 members (excludes halogenated alkanes) is 1. The van der Waals surface area contributed by atoms with Gasteiger partial charge in [-0.25, -0.2) is 0 Å². The molecule has 2 fully saturated rings. The van der Waals surface area contributed by atoms with Crippen molar-refractivity contribution in [3.8, 4) is 0 Å². The van der Waals surface area contributed by atoms with Gasteiger partial charge in [0.05, 0.1) is 6.26 Å². The molecular weight excluding hydrogens is 316 g/mol. The Kier molecular flexibility index (Phi) is 6.36. The van der Waals surface area contributed by atoms with Crippen LogP contribution in [0.1, 0.15) is 44.8 Å². The summed E-state index contributed by atoms with van der Waals surface area (Å²) >= 11 is 0. The molecule has 1 atom stereocenters. The quantitative estimate of drug-likeness (QED) is 0.408. The highest BCUT2D eigenvalue weighted by Crippen LogP contribution is 2.32. The van der Waals surface area contributed by atoms with E-state index in [1.54, 1.807) is 6.26 Å². The van der Waals surface area contributed by atoms with Gasteiger partial charge in [-0.15, -0.1) is 0 Å². The Balaban J connectivity index is 1.46. The van der Waals surface area contributed by atoms with Crippen LogP contribution >= 0.6 is 0 Å². The molecule has 3 rings (SSSR count). The number of likely N-dealkylation sites (tertiary alicyclic amines) is 1. The molecule has 2 heterocycles. The van der Waals surface area contributed by atoms with E-state index < -0.39 is 0 Å². The third-order valence-electron chi connectivity index (χ3n) is 4.80. The topological polar surface area (TPSA) is 69.9 Å². The van der Waals surface area contributed by atoms with Crippen LogP contribution in [0.4, 0.5) is 0 Å². The normalized spacial score (nSPS) is 21.0. The number of guanidine groups is 1. The lowest BCUT2D eigenvalue weighted by Gasteiger charge is -2.15. The monoisotopic (exact) mass is 346 g/mol. The standard InChI is InChI=1S/C19H30N4O2/c1-2-3-9-20-19(21-10-8-17-5-4-11-25-17)22-13-15-12-18(24)23(14-15)16-6-7-16/h4-5,11,15-16H,2-3,6-10,12-14H2,1H3,(H2,20,21,22). The van der Waals surface area contributed by atoms with E-state index in [1.807, 2.05) is 12.1 Å². The average Bonchev–Trinajstić information content (AvgIpc) is 3.18. The van der Waals surface area contributed by atoms with E-state index in [1.165, 1.54) is 12.8 Å². The van der Waals surface area contributed by atoms with Crippen molar-refractivity contribution in [2.45, 2.75) is 51.5 Å². The number of rotatable bonds is 9. The van der Waals surface area contributed by atoms with E-state index in [4.69, 9.17) is 9.41 Å². The lowest BCUT2D eigenvalue weighted by molar-refractivity contribution is -0.128. The summed E-state index contributed by atoms with van der Waals surface area (Å²) < 4.78 is 5.36. The maximum absolute atomic E-state index is 12.1. The van der Waals surface area contributed by atoms with Crippen LogP contribution in [0.15, 0.2) is 27.8 Å². The Morgan fingerprint density at radius 2 is 2.20 bits per heavy atom. The number of amides is 1. The van der Waals surface area contributed by atoms with Gasteiger partial charge in [-0.3, -0.25) is 9.79 Å². The van der Waals surface area contributed by atoms with Crippen LogP contribution in [0.25, 0.3) is 0 Å². The molecule has 1 aromatic rings. The van der Waals surface area contributed by atoms with Gasteiger partial charge < -0.3 is 20.0 Å². The summed E-state index contributed by atoms with van der Waals surface area (Å²) in [5.41, 5.74) is 0. The first-order chi connectivity index (χ1) is 12.3. The fourth-order valence-electron chi connectivity index (χ4n) is 3.21. The highest BCUT2D eigenvalue weighted by Gasteiger charge is 2.39. The molecule has 1 aliphatic carbocycles. The summed E-state index contributed by atoms with van der Waals surface area (Å²) in [6, 6.07) is 4.42. The molecular formula is C19H30N4O2. The van der Waals surface area contributed by atoms with E-state index >= 15 is 0 Å². The first-order valence-electron chi connectivity index (χ1n) is 9.60. The highest BCUT2D eigenvalue weighted by atomic mass is 16.3. The van der Waals surface area contributed by atoms with Crippen molar-refractivity contribution in [2.75, 3.05) is 26.2 Å². The molecule has 1 saturated heterocycles. The number of hydrogen-bond acceptors (Lipinski definition) is 3. The molecule has 138 valence electrons. The van der Waals surface area contributed by atoms with Gasteiger partial charge in [-0.2, -0.15) is 0 Å². The lowest BCUT2D eigenvalue weighted by Crippen LogP contribution is -2.39. The minimum absolute atomic E-state index is 0.314. The van der Waals surface area contributed by atoms with E-state index in [0.29, 0.717) is 30.8 Å². The summed E-state index contributed by atoms with van der Waals surface area (Å²) in [5.74, 6) is 2.48. The SMILES string of the molecule is CCCCNC(=NCC1CC(=O)N(C2CC2)C1)NCCc1ccco1. The summed E-state index contributed by atoms with van der Waals surface area (Å²) in [4.78, 5) is 18.9. The summed E-state index contributed by atoms with van der Waals surface area (Å²) in [5, 5.41) is 6.77. The molecule has 1 saturated carbocycles. The molecule has 6 heteroatoms. The Morgan fingerprint density at radius 1 is 1.36 bits per heavy atom. The Bertz CT molecular complexity index is 566. The van der Waals surface area contributed by atoms with E-state index in [0.717, 1.165) is 50.6 Å². The third-order valence-corrected chi connectivity index (χ3v) is 4.80. The molecule has 1 aliphatic heterocycles. The van der Waals surface area contributed by atoms with Gasteiger partial charge in [0, 0.05) is 51.0 Å². The van der Waals surface area contributed by atoms with E-state index in [9.17, 15) is 4.79 Å². The lowest BCUT2D eigenvalue weighted by atomic mass is 10.1. The summed E-state index contributed by atoms with van der Waals surface area (Å²) in [7, 11) is 0. The molecule has 2 aliphatic rings. The van der Waals surface area contributed by atoms with Crippen LogP contribution in [0.2, 0.25) is 0 Å². The Morgan fingerprint density at radius 3 is 2.92 bits per heavy atom. The Hall–Kier alpha value is -1.98. The number of hydrogen-bond donors (Lipinski definition) is 2. The molecule has 1 unspecified atom stereocenters. The number of furan rings is 1. The van der Waals surface area contributed by atoms with Gasteiger partial charge >= 0.3 is 0 Å². The van der Waals surface area contributed by atoms with Crippen LogP contribution in [0.5, 0.6) is 0 Å².